The number of aromatic nitrogens is 1. The summed E-state index contributed by atoms with van der Waals surface area (Å²) in [5.41, 5.74) is -6.32. The van der Waals surface area contributed by atoms with E-state index in [2.05, 4.69) is 15.0 Å². The van der Waals surface area contributed by atoms with Crippen molar-refractivity contribution in [3.05, 3.63) is 64.7 Å². The van der Waals surface area contributed by atoms with Crippen molar-refractivity contribution in [1.82, 2.24) is 9.88 Å². The largest absolute Gasteiger partial charge is 0.435 e. The molecule has 1 saturated heterocycles. The predicted molar refractivity (Wildman–Crippen MR) is 105 cm³/mol. The highest BCUT2D eigenvalue weighted by Crippen LogP contribution is 2.49. The van der Waals surface area contributed by atoms with E-state index in [0.717, 1.165) is 6.20 Å². The zero-order valence-electron chi connectivity index (χ0n) is 17.9. The minimum Gasteiger partial charge on any atom is -0.374 e. The topological polar surface area (TPSA) is 54.8 Å². The lowest BCUT2D eigenvalue weighted by Gasteiger charge is -2.44. The Labute approximate surface area is 189 Å². The molecule has 0 aliphatic carbocycles. The van der Waals surface area contributed by atoms with Gasteiger partial charge >= 0.3 is 6.18 Å². The molecule has 4 rings (SSSR count). The van der Waals surface area contributed by atoms with Crippen molar-refractivity contribution in [2.75, 3.05) is 13.1 Å². The van der Waals surface area contributed by atoms with Gasteiger partial charge in [-0.1, -0.05) is 19.0 Å². The molecular weight excluding hydrogens is 471 g/mol. The second-order valence-electron chi connectivity index (χ2n) is 8.63. The molecule has 3 heterocycles. The summed E-state index contributed by atoms with van der Waals surface area (Å²) in [6, 6.07) is 2.97. The molecule has 12 heteroatoms. The van der Waals surface area contributed by atoms with Crippen molar-refractivity contribution >= 4 is 11.6 Å². The van der Waals surface area contributed by atoms with Crippen LogP contribution in [0.4, 0.5) is 30.7 Å². The van der Waals surface area contributed by atoms with Crippen LogP contribution in [-0.4, -0.2) is 40.8 Å². The number of halogens is 7. The number of oxime groups is 1. The van der Waals surface area contributed by atoms with Gasteiger partial charge in [0, 0.05) is 23.2 Å². The van der Waals surface area contributed by atoms with Gasteiger partial charge in [0.05, 0.1) is 30.9 Å². The Morgan fingerprint density at radius 3 is 2.24 bits per heavy atom. The fourth-order valence-electron chi connectivity index (χ4n) is 3.92. The van der Waals surface area contributed by atoms with Crippen LogP contribution in [0, 0.1) is 23.4 Å². The van der Waals surface area contributed by atoms with Crippen molar-refractivity contribution in [3.63, 3.8) is 0 Å². The van der Waals surface area contributed by atoms with Gasteiger partial charge in [0.15, 0.2) is 23.1 Å². The minimum absolute atomic E-state index is 0.00617. The van der Waals surface area contributed by atoms with Crippen molar-refractivity contribution in [2.24, 2.45) is 11.1 Å². The summed E-state index contributed by atoms with van der Waals surface area (Å²) in [4.78, 5) is 21.9. The van der Waals surface area contributed by atoms with Gasteiger partial charge in [-0.05, 0) is 24.3 Å². The summed E-state index contributed by atoms with van der Waals surface area (Å²) in [6.45, 7) is 2.99. The summed E-state index contributed by atoms with van der Waals surface area (Å²) >= 11 is 0. The van der Waals surface area contributed by atoms with Crippen molar-refractivity contribution < 1.29 is 40.4 Å². The van der Waals surface area contributed by atoms with Gasteiger partial charge < -0.3 is 9.74 Å². The molecule has 0 saturated carbocycles. The fraction of sp³-hybridized carbons (Fsp3) is 0.409. The van der Waals surface area contributed by atoms with E-state index >= 15 is 4.39 Å². The van der Waals surface area contributed by atoms with E-state index in [1.807, 2.05) is 0 Å². The first kappa shape index (κ1) is 24.0. The van der Waals surface area contributed by atoms with E-state index < -0.39 is 46.9 Å². The normalized spacial score (nSPS) is 21.8. The summed E-state index contributed by atoms with van der Waals surface area (Å²) in [5.74, 6) is -6.03. The first-order valence-electron chi connectivity index (χ1n) is 10.2. The lowest BCUT2D eigenvalue weighted by Crippen LogP contribution is -2.60. The number of benzene rings is 1. The van der Waals surface area contributed by atoms with Crippen LogP contribution in [-0.2, 0) is 20.9 Å². The molecule has 34 heavy (non-hydrogen) atoms. The second-order valence-corrected chi connectivity index (χ2v) is 8.63. The maximum atomic E-state index is 15.1. The molecule has 2 aliphatic heterocycles. The van der Waals surface area contributed by atoms with E-state index in [-0.39, 0.29) is 54.0 Å². The number of carbonyl (C=O) groups is 1. The summed E-state index contributed by atoms with van der Waals surface area (Å²) in [6.07, 6.45) is -5.03. The zero-order valence-corrected chi connectivity index (χ0v) is 17.9. The highest BCUT2D eigenvalue weighted by molar-refractivity contribution is 6.01. The Morgan fingerprint density at radius 1 is 1.12 bits per heavy atom. The van der Waals surface area contributed by atoms with Gasteiger partial charge in [-0.15, -0.1) is 0 Å². The van der Waals surface area contributed by atoms with Gasteiger partial charge in [0.25, 0.3) is 5.60 Å². The van der Waals surface area contributed by atoms with E-state index in [4.69, 9.17) is 0 Å². The first-order chi connectivity index (χ1) is 15.8. The lowest BCUT2D eigenvalue weighted by atomic mass is 9.86. The fourth-order valence-corrected chi connectivity index (χ4v) is 3.92. The monoisotopic (exact) mass is 489 g/mol. The molecule has 0 radical (unpaired) electrons. The van der Waals surface area contributed by atoms with Gasteiger partial charge in [-0.25, -0.2) is 17.6 Å². The van der Waals surface area contributed by atoms with E-state index in [1.54, 1.807) is 13.8 Å². The number of amides is 1. The number of likely N-dealkylation sites (tertiary alicyclic amines) is 1. The Morgan fingerprint density at radius 2 is 1.74 bits per heavy atom. The Hall–Kier alpha value is -3.18. The first-order valence-corrected chi connectivity index (χ1v) is 10.2. The molecule has 1 fully saturated rings. The third kappa shape index (κ3) is 3.78. The average Bonchev–Trinajstić information content (AvgIpc) is 3.21. The van der Waals surface area contributed by atoms with Crippen LogP contribution in [0.25, 0.3) is 0 Å². The molecular formula is C22H18F7N3O2. The van der Waals surface area contributed by atoms with Crippen LogP contribution >= 0.6 is 0 Å². The van der Waals surface area contributed by atoms with Crippen LogP contribution < -0.4 is 0 Å². The summed E-state index contributed by atoms with van der Waals surface area (Å²) in [7, 11) is 0. The Kier molecular flexibility index (Phi) is 5.60. The average molecular weight is 489 g/mol. The Balaban J connectivity index is 1.56. The number of hydrogen-bond acceptors (Lipinski definition) is 4. The van der Waals surface area contributed by atoms with Crippen molar-refractivity contribution in [1.29, 1.82) is 0 Å². The van der Waals surface area contributed by atoms with Gasteiger partial charge in [-0.2, -0.15) is 13.2 Å². The smallest absolute Gasteiger partial charge is 0.374 e. The number of carbonyl (C=O) groups excluding carboxylic acids is 1. The van der Waals surface area contributed by atoms with Crippen LogP contribution in [0.2, 0.25) is 0 Å². The maximum absolute atomic E-state index is 15.1. The van der Waals surface area contributed by atoms with Crippen LogP contribution in [0.1, 0.15) is 37.1 Å². The van der Waals surface area contributed by atoms with E-state index in [9.17, 15) is 31.1 Å². The highest BCUT2D eigenvalue weighted by atomic mass is 19.4. The molecule has 0 bridgehead atoms. The molecule has 1 aromatic carbocycles. The maximum Gasteiger partial charge on any atom is 0.435 e. The van der Waals surface area contributed by atoms with Crippen molar-refractivity contribution in [2.45, 2.75) is 37.7 Å². The molecule has 2 aliphatic rings. The molecule has 1 aromatic heterocycles. The minimum atomic E-state index is -5.16. The zero-order chi connectivity index (χ0) is 25.1. The molecule has 0 spiro atoms. The van der Waals surface area contributed by atoms with E-state index in [0.29, 0.717) is 0 Å². The standard InChI is InChI=1S/C22H18F7N3O2/c1-11(2)19(33)32-9-20(26,10-32)17-4-3-12(8-30-17)16-7-21(34-31-16,22(27,28)29)13-5-14(23)18(25)15(24)6-13/h3-6,8,11H,7,9-10H2,1-2H3. The van der Waals surface area contributed by atoms with Gasteiger partial charge in [0.1, 0.15) is 0 Å². The number of rotatable bonds is 4. The third-order valence-electron chi connectivity index (χ3n) is 5.88. The van der Waals surface area contributed by atoms with E-state index in [1.165, 1.54) is 17.0 Å². The van der Waals surface area contributed by atoms with Gasteiger partial charge in [-0.3, -0.25) is 9.78 Å². The number of alkyl halides is 4. The third-order valence-corrected chi connectivity index (χ3v) is 5.88. The molecule has 182 valence electrons. The molecule has 5 nitrogen and oxygen atoms in total. The quantitative estimate of drug-likeness (QED) is 0.461. The summed E-state index contributed by atoms with van der Waals surface area (Å²) in [5, 5.41) is 3.44. The number of nitrogens with zero attached hydrogens (tertiary/aromatic N) is 3. The van der Waals surface area contributed by atoms with Crippen LogP contribution in [0.5, 0.6) is 0 Å². The molecule has 2 aromatic rings. The molecule has 1 unspecified atom stereocenters. The SMILES string of the molecule is CC(C)C(=O)N1CC(F)(c2ccc(C3=NOC(c4cc(F)c(F)c(F)c4)(C(F)(F)F)C3)cn2)C1. The number of pyridine rings is 1. The lowest BCUT2D eigenvalue weighted by molar-refractivity contribution is -0.276. The second kappa shape index (κ2) is 7.95. The number of hydrogen-bond donors (Lipinski definition) is 0. The van der Waals surface area contributed by atoms with Crippen LogP contribution in [0.15, 0.2) is 35.6 Å². The predicted octanol–water partition coefficient (Wildman–Crippen LogP) is 4.74. The molecule has 0 N–H and O–H groups in total. The molecule has 1 atom stereocenters. The van der Waals surface area contributed by atoms with Gasteiger partial charge in [0.2, 0.25) is 5.91 Å². The Bertz CT molecular complexity index is 1140. The molecule has 1 amide bonds. The van der Waals surface area contributed by atoms with Crippen LogP contribution in [0.3, 0.4) is 0 Å². The highest BCUT2D eigenvalue weighted by Gasteiger charge is 2.62. The summed E-state index contributed by atoms with van der Waals surface area (Å²) < 4.78 is 97.5. The van der Waals surface area contributed by atoms with Crippen molar-refractivity contribution in [3.8, 4) is 0 Å².